The molecule has 0 N–H and O–H groups in total. The summed E-state index contributed by atoms with van der Waals surface area (Å²) < 4.78 is 0. The molecule has 0 spiro atoms. The minimum absolute atomic E-state index is 0.0243. The number of carbonyl (C=O) groups is 1. The topological polar surface area (TPSA) is 23.6 Å². The number of amides is 1. The Morgan fingerprint density at radius 3 is 2.69 bits per heavy atom. The lowest BCUT2D eigenvalue weighted by molar-refractivity contribution is -0.132. The molecule has 0 radical (unpaired) electrons. The number of hydrogen-bond acceptors (Lipinski definition) is 3. The van der Waals surface area contributed by atoms with Crippen molar-refractivity contribution in [2.45, 2.75) is 11.9 Å². The SMILES string of the molecule is CN(CC(=O)N1CCSC1c1ccccc1Cl)Cc1ccc(Cl)cc1Cl. The van der Waals surface area contributed by atoms with Crippen LogP contribution in [0.2, 0.25) is 15.1 Å². The molecule has 1 unspecified atom stereocenters. The van der Waals surface area contributed by atoms with Gasteiger partial charge in [0.05, 0.1) is 6.54 Å². The van der Waals surface area contributed by atoms with Gasteiger partial charge in [0.1, 0.15) is 5.37 Å². The molecule has 1 aliphatic heterocycles. The number of halogens is 3. The lowest BCUT2D eigenvalue weighted by Crippen LogP contribution is -2.38. The molecule has 3 nitrogen and oxygen atoms in total. The Morgan fingerprint density at radius 2 is 1.96 bits per heavy atom. The van der Waals surface area contributed by atoms with E-state index in [1.54, 1.807) is 17.8 Å². The van der Waals surface area contributed by atoms with E-state index in [0.29, 0.717) is 28.2 Å². The van der Waals surface area contributed by atoms with Crippen LogP contribution in [-0.4, -0.2) is 41.6 Å². The average molecular weight is 430 g/mol. The third-order valence-electron chi connectivity index (χ3n) is 4.24. The molecule has 0 saturated carbocycles. The molecule has 138 valence electrons. The molecule has 0 aliphatic carbocycles. The van der Waals surface area contributed by atoms with Gasteiger partial charge in [0.25, 0.3) is 0 Å². The lowest BCUT2D eigenvalue weighted by atomic mass is 10.2. The maximum Gasteiger partial charge on any atom is 0.237 e. The molecular formula is C19H19Cl3N2OS. The molecule has 0 aromatic heterocycles. The molecule has 1 fully saturated rings. The summed E-state index contributed by atoms with van der Waals surface area (Å²) in [6.07, 6.45) is 0. The number of likely N-dealkylation sites (N-methyl/N-ethyl adjacent to an activating group) is 1. The monoisotopic (exact) mass is 428 g/mol. The highest BCUT2D eigenvalue weighted by Gasteiger charge is 2.32. The first-order chi connectivity index (χ1) is 12.5. The average Bonchev–Trinajstić information content (AvgIpc) is 3.07. The highest BCUT2D eigenvalue weighted by molar-refractivity contribution is 7.99. The second-order valence-electron chi connectivity index (χ2n) is 6.24. The van der Waals surface area contributed by atoms with Gasteiger partial charge < -0.3 is 4.90 Å². The van der Waals surface area contributed by atoms with Crippen molar-refractivity contribution in [3.8, 4) is 0 Å². The first-order valence-corrected chi connectivity index (χ1v) is 10.4. The van der Waals surface area contributed by atoms with Gasteiger partial charge in [-0.05, 0) is 30.8 Å². The molecule has 1 aliphatic rings. The van der Waals surface area contributed by atoms with E-state index in [0.717, 1.165) is 23.4 Å². The van der Waals surface area contributed by atoms with Crippen molar-refractivity contribution in [1.29, 1.82) is 0 Å². The van der Waals surface area contributed by atoms with E-state index >= 15 is 0 Å². The van der Waals surface area contributed by atoms with Crippen LogP contribution in [0, 0.1) is 0 Å². The van der Waals surface area contributed by atoms with Crippen LogP contribution in [0.25, 0.3) is 0 Å². The van der Waals surface area contributed by atoms with E-state index < -0.39 is 0 Å². The van der Waals surface area contributed by atoms with Gasteiger partial charge in [0.2, 0.25) is 5.91 Å². The van der Waals surface area contributed by atoms with Crippen molar-refractivity contribution in [2.75, 3.05) is 25.9 Å². The summed E-state index contributed by atoms with van der Waals surface area (Å²) in [5.74, 6) is 1.00. The van der Waals surface area contributed by atoms with Gasteiger partial charge in [0, 0.05) is 39.5 Å². The molecule has 26 heavy (non-hydrogen) atoms. The van der Waals surface area contributed by atoms with Crippen LogP contribution in [-0.2, 0) is 11.3 Å². The molecule has 0 bridgehead atoms. The van der Waals surface area contributed by atoms with E-state index in [-0.39, 0.29) is 11.3 Å². The third-order valence-corrected chi connectivity index (χ3v) is 6.42. The fourth-order valence-electron chi connectivity index (χ4n) is 2.98. The summed E-state index contributed by atoms with van der Waals surface area (Å²) in [7, 11) is 1.91. The van der Waals surface area contributed by atoms with E-state index in [1.807, 2.05) is 53.2 Å². The van der Waals surface area contributed by atoms with Crippen LogP contribution < -0.4 is 0 Å². The van der Waals surface area contributed by atoms with Gasteiger partial charge in [-0.25, -0.2) is 0 Å². The maximum atomic E-state index is 12.9. The van der Waals surface area contributed by atoms with E-state index in [2.05, 4.69) is 0 Å². The Hall–Kier alpha value is -0.910. The van der Waals surface area contributed by atoms with Gasteiger partial charge in [-0.15, -0.1) is 11.8 Å². The van der Waals surface area contributed by atoms with Gasteiger partial charge in [-0.2, -0.15) is 0 Å². The van der Waals surface area contributed by atoms with Crippen molar-refractivity contribution in [3.63, 3.8) is 0 Å². The smallest absolute Gasteiger partial charge is 0.237 e. The van der Waals surface area contributed by atoms with Gasteiger partial charge in [0.15, 0.2) is 0 Å². The van der Waals surface area contributed by atoms with Crippen LogP contribution in [0.3, 0.4) is 0 Å². The lowest BCUT2D eigenvalue weighted by Gasteiger charge is -2.27. The molecule has 7 heteroatoms. The zero-order chi connectivity index (χ0) is 18.7. The highest BCUT2D eigenvalue weighted by Crippen LogP contribution is 2.40. The number of hydrogen-bond donors (Lipinski definition) is 0. The molecule has 1 amide bonds. The van der Waals surface area contributed by atoms with Gasteiger partial charge >= 0.3 is 0 Å². The van der Waals surface area contributed by atoms with Crippen LogP contribution in [0.4, 0.5) is 0 Å². The summed E-state index contributed by atoms with van der Waals surface area (Å²) in [5.41, 5.74) is 1.94. The summed E-state index contributed by atoms with van der Waals surface area (Å²) in [5, 5.41) is 1.89. The van der Waals surface area contributed by atoms with Crippen LogP contribution in [0.5, 0.6) is 0 Å². The first kappa shape index (κ1) is 19.8. The minimum atomic E-state index is -0.0243. The van der Waals surface area contributed by atoms with E-state index in [9.17, 15) is 4.79 Å². The molecule has 3 rings (SSSR count). The van der Waals surface area contributed by atoms with Crippen LogP contribution in [0.1, 0.15) is 16.5 Å². The Bertz CT molecular complexity index is 802. The predicted octanol–water partition coefficient (Wildman–Crippen LogP) is 5.35. The molecule has 2 aromatic rings. The number of carbonyl (C=O) groups excluding carboxylic acids is 1. The third kappa shape index (κ3) is 4.68. The van der Waals surface area contributed by atoms with Crippen molar-refractivity contribution >= 4 is 52.5 Å². The number of nitrogens with zero attached hydrogens (tertiary/aromatic N) is 2. The Labute approximate surface area is 173 Å². The standard InChI is InChI=1S/C19H19Cl3N2OS/c1-23(11-13-6-7-14(20)10-17(13)22)12-18(25)24-8-9-26-19(24)15-4-2-3-5-16(15)21/h2-7,10,19H,8-9,11-12H2,1H3. The van der Waals surface area contributed by atoms with Crippen molar-refractivity contribution in [3.05, 3.63) is 68.7 Å². The molecule has 2 aromatic carbocycles. The molecule has 1 saturated heterocycles. The fourth-order valence-corrected chi connectivity index (χ4v) is 5.06. The zero-order valence-electron chi connectivity index (χ0n) is 14.3. The largest absolute Gasteiger partial charge is 0.325 e. The van der Waals surface area contributed by atoms with Gasteiger partial charge in [-0.1, -0.05) is 59.1 Å². The molecule has 1 heterocycles. The quantitative estimate of drug-likeness (QED) is 0.640. The van der Waals surface area contributed by atoms with Gasteiger partial charge in [-0.3, -0.25) is 9.69 Å². The molecular weight excluding hydrogens is 411 g/mol. The first-order valence-electron chi connectivity index (χ1n) is 8.23. The number of benzene rings is 2. The predicted molar refractivity (Wildman–Crippen MR) is 111 cm³/mol. The summed E-state index contributed by atoms with van der Waals surface area (Å²) in [4.78, 5) is 16.7. The fraction of sp³-hybridized carbons (Fsp3) is 0.316. The summed E-state index contributed by atoms with van der Waals surface area (Å²) >= 11 is 20.3. The van der Waals surface area contributed by atoms with Crippen molar-refractivity contribution < 1.29 is 4.79 Å². The van der Waals surface area contributed by atoms with Crippen molar-refractivity contribution in [1.82, 2.24) is 9.80 Å². The second kappa shape index (κ2) is 8.85. The highest BCUT2D eigenvalue weighted by atomic mass is 35.5. The van der Waals surface area contributed by atoms with Crippen LogP contribution in [0.15, 0.2) is 42.5 Å². The normalized spacial score (nSPS) is 17.1. The molecule has 1 atom stereocenters. The second-order valence-corrected chi connectivity index (χ2v) is 8.68. The maximum absolute atomic E-state index is 12.9. The summed E-state index contributed by atoms with van der Waals surface area (Å²) in [6.45, 7) is 1.63. The van der Waals surface area contributed by atoms with Crippen LogP contribution >= 0.6 is 46.6 Å². The van der Waals surface area contributed by atoms with Crippen molar-refractivity contribution in [2.24, 2.45) is 0 Å². The Balaban J connectivity index is 1.66. The van der Waals surface area contributed by atoms with E-state index in [1.165, 1.54) is 0 Å². The zero-order valence-corrected chi connectivity index (χ0v) is 17.4. The number of thioether (sulfide) groups is 1. The Morgan fingerprint density at radius 1 is 1.19 bits per heavy atom. The minimum Gasteiger partial charge on any atom is -0.325 e. The number of rotatable bonds is 5. The van der Waals surface area contributed by atoms with E-state index in [4.69, 9.17) is 34.8 Å². The summed E-state index contributed by atoms with van der Waals surface area (Å²) in [6, 6.07) is 13.1. The Kier molecular flexibility index (Phi) is 6.76.